The topological polar surface area (TPSA) is 30.5 Å². The minimum Gasteiger partial charge on any atom is -0.346 e. The fraction of sp³-hybridized carbons (Fsp3) is 1.00. The van der Waals surface area contributed by atoms with E-state index in [2.05, 4.69) is 59.3 Å². The Labute approximate surface area is 133 Å². The summed E-state index contributed by atoms with van der Waals surface area (Å²) >= 11 is 0. The molecule has 1 rings (SSSR count). The molecular formula is C12H36N4Si4. The fourth-order valence-electron chi connectivity index (χ4n) is 4.19. The third-order valence-electron chi connectivity index (χ3n) is 5.45. The van der Waals surface area contributed by atoms with Crippen molar-refractivity contribution in [1.29, 1.82) is 0 Å². The maximum atomic E-state index is 4.14. The van der Waals surface area contributed by atoms with Crippen molar-refractivity contribution in [1.82, 2.24) is 17.8 Å². The van der Waals surface area contributed by atoms with E-state index in [4.69, 9.17) is 0 Å². The molecule has 0 aromatic rings. The lowest BCUT2D eigenvalue weighted by Gasteiger charge is -2.57. The third-order valence-corrected chi connectivity index (χ3v) is 25.1. The van der Waals surface area contributed by atoms with Crippen LogP contribution in [-0.2, 0) is 0 Å². The van der Waals surface area contributed by atoms with Crippen LogP contribution in [0.15, 0.2) is 0 Å². The average Bonchev–Trinajstić information content (AvgIpc) is 2.49. The first-order chi connectivity index (χ1) is 9.60. The SMILES string of the molecule is CCN1[SiH2]N[SiH2]N[Si](CC)(CC)N(CC)[Si]1(CC)CC. The summed E-state index contributed by atoms with van der Waals surface area (Å²) in [6.07, 6.45) is 0. The molecule has 0 spiro atoms. The molecule has 0 saturated carbocycles. The number of hydrogen-bond acceptors (Lipinski definition) is 4. The van der Waals surface area contributed by atoms with Gasteiger partial charge in [-0.3, -0.25) is 0 Å². The van der Waals surface area contributed by atoms with E-state index in [1.807, 2.05) is 0 Å². The first kappa shape index (κ1) is 18.8. The van der Waals surface area contributed by atoms with Crippen LogP contribution < -0.4 is 9.30 Å². The van der Waals surface area contributed by atoms with Crippen LogP contribution >= 0.6 is 0 Å². The molecule has 1 aliphatic heterocycles. The summed E-state index contributed by atoms with van der Waals surface area (Å²) in [4.78, 5) is 0. The summed E-state index contributed by atoms with van der Waals surface area (Å²) < 4.78 is 14.1. The molecule has 1 aliphatic rings. The van der Waals surface area contributed by atoms with Crippen molar-refractivity contribution in [2.75, 3.05) is 13.1 Å². The van der Waals surface area contributed by atoms with Crippen molar-refractivity contribution in [2.45, 2.75) is 65.7 Å². The molecule has 4 nitrogen and oxygen atoms in total. The Balaban J connectivity index is 3.31. The lowest BCUT2D eigenvalue weighted by molar-refractivity contribution is 0.508. The molecule has 8 heteroatoms. The van der Waals surface area contributed by atoms with E-state index in [1.54, 1.807) is 0 Å². The van der Waals surface area contributed by atoms with Gasteiger partial charge >= 0.3 is 0 Å². The molecule has 20 heavy (non-hydrogen) atoms. The monoisotopic (exact) mass is 348 g/mol. The average molecular weight is 349 g/mol. The predicted molar refractivity (Wildman–Crippen MR) is 102 cm³/mol. The van der Waals surface area contributed by atoms with Crippen molar-refractivity contribution in [3.05, 3.63) is 0 Å². The van der Waals surface area contributed by atoms with Gasteiger partial charge in [0.15, 0.2) is 36.5 Å². The molecule has 0 amide bonds. The van der Waals surface area contributed by atoms with E-state index in [-0.39, 0.29) is 19.7 Å². The third kappa shape index (κ3) is 3.22. The first-order valence-corrected chi connectivity index (χ1v) is 16.0. The molecule has 0 aliphatic carbocycles. The number of rotatable bonds is 6. The highest BCUT2D eigenvalue weighted by atomic mass is 28.5. The Morgan fingerprint density at radius 3 is 1.85 bits per heavy atom. The minimum atomic E-state index is -1.46. The van der Waals surface area contributed by atoms with Gasteiger partial charge in [0.05, 0.1) is 0 Å². The molecule has 0 radical (unpaired) electrons. The van der Waals surface area contributed by atoms with Gasteiger partial charge in [-0.2, -0.15) is 0 Å². The van der Waals surface area contributed by atoms with Crippen LogP contribution in [0.3, 0.4) is 0 Å². The summed E-state index contributed by atoms with van der Waals surface area (Å²) in [5.41, 5.74) is 0. The van der Waals surface area contributed by atoms with Gasteiger partial charge in [-0.15, -0.1) is 0 Å². The smallest absolute Gasteiger partial charge is 0.194 e. The summed E-state index contributed by atoms with van der Waals surface area (Å²) in [6.45, 7) is 17.1. The van der Waals surface area contributed by atoms with Gasteiger partial charge in [-0.05, 0) is 37.3 Å². The van der Waals surface area contributed by atoms with Crippen LogP contribution in [0.1, 0.15) is 41.5 Å². The normalized spacial score (nSPS) is 26.7. The van der Waals surface area contributed by atoms with Gasteiger partial charge in [0.1, 0.15) is 0 Å². The molecule has 0 aromatic carbocycles. The van der Waals surface area contributed by atoms with E-state index >= 15 is 0 Å². The molecule has 1 saturated heterocycles. The Morgan fingerprint density at radius 1 is 0.850 bits per heavy atom. The van der Waals surface area contributed by atoms with E-state index in [9.17, 15) is 0 Å². The van der Waals surface area contributed by atoms with Gasteiger partial charge in [0.25, 0.3) is 0 Å². The van der Waals surface area contributed by atoms with Crippen LogP contribution in [0.5, 0.6) is 0 Å². The lowest BCUT2D eigenvalue weighted by Crippen LogP contribution is -2.81. The van der Waals surface area contributed by atoms with Crippen LogP contribution in [0.4, 0.5) is 0 Å². The summed E-state index contributed by atoms with van der Waals surface area (Å²) in [5.74, 6) is 0. The first-order valence-electron chi connectivity index (χ1n) is 8.59. The highest BCUT2D eigenvalue weighted by molar-refractivity contribution is 6.95. The van der Waals surface area contributed by atoms with Gasteiger partial charge in [-0.1, -0.05) is 41.5 Å². The predicted octanol–water partition coefficient (Wildman–Crippen LogP) is 0.785. The second kappa shape index (κ2) is 8.37. The molecule has 0 atom stereocenters. The Morgan fingerprint density at radius 2 is 1.45 bits per heavy atom. The maximum absolute atomic E-state index is 4.14. The van der Waals surface area contributed by atoms with E-state index in [0.717, 1.165) is 0 Å². The largest absolute Gasteiger partial charge is 0.346 e. The number of nitrogens with one attached hydrogen (secondary N) is 2. The zero-order chi connectivity index (χ0) is 15.2. The van der Waals surface area contributed by atoms with Crippen LogP contribution in [-0.4, -0.2) is 58.0 Å². The van der Waals surface area contributed by atoms with Crippen LogP contribution in [0, 0.1) is 0 Å². The van der Waals surface area contributed by atoms with Gasteiger partial charge < -0.3 is 17.8 Å². The van der Waals surface area contributed by atoms with Crippen molar-refractivity contribution >= 4 is 36.5 Å². The minimum absolute atomic E-state index is 0.241. The highest BCUT2D eigenvalue weighted by Crippen LogP contribution is 2.31. The van der Waals surface area contributed by atoms with Crippen molar-refractivity contribution in [2.24, 2.45) is 0 Å². The van der Waals surface area contributed by atoms with Crippen molar-refractivity contribution in [3.63, 3.8) is 0 Å². The fourth-order valence-corrected chi connectivity index (χ4v) is 27.9. The molecule has 0 aromatic heterocycles. The Bertz CT molecular complexity index is 285. The second-order valence-corrected chi connectivity index (χ2v) is 20.3. The standard InChI is InChI=1S/C12H36N4Si4/c1-7-15-18-13-17-14-19(9-3,10-4)16(8-2)20(15,11-5)12-6/h13-14H,7-12,17-18H2,1-6H3. The Kier molecular flexibility index (Phi) is 7.85. The molecular weight excluding hydrogens is 313 g/mol. The summed E-state index contributed by atoms with van der Waals surface area (Å²) in [7, 11) is -3.41. The second-order valence-electron chi connectivity index (χ2n) is 5.79. The molecule has 0 bridgehead atoms. The number of hydrogen-bond donors (Lipinski definition) is 2. The number of nitrogens with zero attached hydrogens (tertiary/aromatic N) is 2. The van der Waals surface area contributed by atoms with Crippen molar-refractivity contribution in [3.8, 4) is 0 Å². The van der Waals surface area contributed by atoms with Gasteiger partial charge in [-0.25, -0.2) is 0 Å². The zero-order valence-corrected chi connectivity index (χ0v) is 19.4. The lowest BCUT2D eigenvalue weighted by atomic mass is 10.8. The molecule has 1 heterocycles. The molecule has 2 N–H and O–H groups in total. The van der Waals surface area contributed by atoms with E-state index in [0.29, 0.717) is 0 Å². The summed E-state index contributed by atoms with van der Waals surface area (Å²) in [5, 5.41) is 0. The van der Waals surface area contributed by atoms with E-state index < -0.39 is 16.8 Å². The summed E-state index contributed by atoms with van der Waals surface area (Å²) in [6, 6.07) is 5.50. The molecule has 120 valence electrons. The van der Waals surface area contributed by atoms with Gasteiger partial charge in [0, 0.05) is 0 Å². The van der Waals surface area contributed by atoms with Gasteiger partial charge in [0.2, 0.25) is 0 Å². The Hall–Kier alpha value is 0.708. The highest BCUT2D eigenvalue weighted by Gasteiger charge is 2.51. The molecule has 0 unspecified atom stereocenters. The quantitative estimate of drug-likeness (QED) is 0.695. The van der Waals surface area contributed by atoms with E-state index in [1.165, 1.54) is 37.3 Å². The maximum Gasteiger partial charge on any atom is 0.194 e. The van der Waals surface area contributed by atoms with Crippen molar-refractivity contribution < 1.29 is 0 Å². The zero-order valence-electron chi connectivity index (χ0n) is 14.6. The van der Waals surface area contributed by atoms with Crippen LogP contribution in [0.2, 0.25) is 24.2 Å². The van der Waals surface area contributed by atoms with Crippen LogP contribution in [0.25, 0.3) is 0 Å². The molecule has 1 fully saturated rings.